The van der Waals surface area contributed by atoms with Crippen LogP contribution in [0.4, 0.5) is 16.2 Å². The number of benzene rings is 1. The second-order valence-corrected chi connectivity index (χ2v) is 5.81. The van der Waals surface area contributed by atoms with E-state index in [0.29, 0.717) is 6.04 Å². The van der Waals surface area contributed by atoms with Crippen LogP contribution in [0.25, 0.3) is 0 Å². The highest BCUT2D eigenvalue weighted by Gasteiger charge is 2.12. The van der Waals surface area contributed by atoms with Gasteiger partial charge >= 0.3 is 6.03 Å². The maximum atomic E-state index is 11.6. The first-order chi connectivity index (χ1) is 9.63. The molecule has 1 saturated carbocycles. The van der Waals surface area contributed by atoms with E-state index in [9.17, 15) is 4.79 Å². The van der Waals surface area contributed by atoms with Gasteiger partial charge in [0.2, 0.25) is 0 Å². The molecule has 110 valence electrons. The molecule has 4 heteroatoms. The first-order valence-electron chi connectivity index (χ1n) is 7.57. The molecule has 3 N–H and O–H groups in total. The molecule has 0 aromatic heterocycles. The molecule has 1 fully saturated rings. The fourth-order valence-corrected chi connectivity index (χ4v) is 2.56. The predicted molar refractivity (Wildman–Crippen MR) is 84.2 cm³/mol. The summed E-state index contributed by atoms with van der Waals surface area (Å²) in [6.07, 6.45) is 6.54. The summed E-state index contributed by atoms with van der Waals surface area (Å²) in [5.74, 6) is 0. The van der Waals surface area contributed by atoms with Gasteiger partial charge in [-0.15, -0.1) is 0 Å². The van der Waals surface area contributed by atoms with Crippen molar-refractivity contribution >= 4 is 17.4 Å². The summed E-state index contributed by atoms with van der Waals surface area (Å²) in [5.41, 5.74) is 1.95. The minimum atomic E-state index is -0.159. The number of nitrogens with one attached hydrogen (secondary N) is 3. The van der Waals surface area contributed by atoms with Crippen molar-refractivity contribution in [2.24, 2.45) is 0 Å². The largest absolute Gasteiger partial charge is 0.382 e. The van der Waals surface area contributed by atoms with Gasteiger partial charge in [-0.25, -0.2) is 4.79 Å². The van der Waals surface area contributed by atoms with Gasteiger partial charge in [0.15, 0.2) is 0 Å². The van der Waals surface area contributed by atoms with Gasteiger partial charge in [-0.2, -0.15) is 0 Å². The summed E-state index contributed by atoms with van der Waals surface area (Å²) >= 11 is 0. The number of anilines is 2. The van der Waals surface area contributed by atoms with Crippen LogP contribution in [0, 0.1) is 0 Å². The molecule has 2 rings (SSSR count). The standard InChI is InChI=1S/C16H25N3O/c1-12(2)17-16(20)19-15-10-8-14(9-11-15)18-13-6-4-3-5-7-13/h8-13,18H,3-7H2,1-2H3,(H2,17,19,20). The van der Waals surface area contributed by atoms with Crippen molar-refractivity contribution in [3.05, 3.63) is 24.3 Å². The molecule has 1 aromatic carbocycles. The highest BCUT2D eigenvalue weighted by molar-refractivity contribution is 5.89. The van der Waals surface area contributed by atoms with Crippen LogP contribution in [0.3, 0.4) is 0 Å². The fraction of sp³-hybridized carbons (Fsp3) is 0.562. The first kappa shape index (κ1) is 14.7. The van der Waals surface area contributed by atoms with Crippen molar-refractivity contribution in [2.45, 2.75) is 58.0 Å². The number of carbonyl (C=O) groups is 1. The lowest BCUT2D eigenvalue weighted by Crippen LogP contribution is -2.34. The van der Waals surface area contributed by atoms with Crippen molar-refractivity contribution in [1.82, 2.24) is 5.32 Å². The third-order valence-corrected chi connectivity index (χ3v) is 3.54. The Hall–Kier alpha value is -1.71. The van der Waals surface area contributed by atoms with Gasteiger partial charge in [0.05, 0.1) is 0 Å². The van der Waals surface area contributed by atoms with Crippen LogP contribution in [-0.4, -0.2) is 18.1 Å². The summed E-state index contributed by atoms with van der Waals surface area (Å²) in [5, 5.41) is 9.20. The van der Waals surface area contributed by atoms with E-state index in [4.69, 9.17) is 0 Å². The summed E-state index contributed by atoms with van der Waals surface area (Å²) in [6.45, 7) is 3.88. The van der Waals surface area contributed by atoms with Gasteiger partial charge < -0.3 is 16.0 Å². The molecule has 0 radical (unpaired) electrons. The molecule has 0 saturated heterocycles. The lowest BCUT2D eigenvalue weighted by molar-refractivity contribution is 0.250. The Morgan fingerprint density at radius 3 is 2.25 bits per heavy atom. The third kappa shape index (κ3) is 4.76. The average Bonchev–Trinajstić information content (AvgIpc) is 2.41. The smallest absolute Gasteiger partial charge is 0.319 e. The SMILES string of the molecule is CC(C)NC(=O)Nc1ccc(NC2CCCCC2)cc1. The van der Waals surface area contributed by atoms with Crippen LogP contribution in [0.1, 0.15) is 46.0 Å². The van der Waals surface area contributed by atoms with Gasteiger partial charge in [0, 0.05) is 23.5 Å². The third-order valence-electron chi connectivity index (χ3n) is 3.54. The number of hydrogen-bond donors (Lipinski definition) is 3. The predicted octanol–water partition coefficient (Wildman–Crippen LogP) is 3.96. The number of hydrogen-bond acceptors (Lipinski definition) is 2. The molecule has 1 aliphatic carbocycles. The molecule has 4 nitrogen and oxygen atoms in total. The van der Waals surface area contributed by atoms with Crippen molar-refractivity contribution in [1.29, 1.82) is 0 Å². The first-order valence-corrected chi connectivity index (χ1v) is 7.57. The summed E-state index contributed by atoms with van der Waals surface area (Å²) in [6, 6.07) is 8.51. The van der Waals surface area contributed by atoms with Crippen molar-refractivity contribution in [2.75, 3.05) is 10.6 Å². The Kier molecular flexibility index (Phi) is 5.27. The molecular weight excluding hydrogens is 250 g/mol. The molecule has 1 aromatic rings. The minimum Gasteiger partial charge on any atom is -0.382 e. The van der Waals surface area contributed by atoms with Crippen molar-refractivity contribution < 1.29 is 4.79 Å². The molecular formula is C16H25N3O. The summed E-state index contributed by atoms with van der Waals surface area (Å²) in [7, 11) is 0. The Morgan fingerprint density at radius 2 is 1.65 bits per heavy atom. The van der Waals surface area contributed by atoms with E-state index in [2.05, 4.69) is 16.0 Å². The number of carbonyl (C=O) groups excluding carboxylic acids is 1. The van der Waals surface area contributed by atoms with E-state index >= 15 is 0 Å². The summed E-state index contributed by atoms with van der Waals surface area (Å²) < 4.78 is 0. The van der Waals surface area contributed by atoms with Crippen LogP contribution < -0.4 is 16.0 Å². The zero-order chi connectivity index (χ0) is 14.4. The van der Waals surface area contributed by atoms with Crippen molar-refractivity contribution in [3.63, 3.8) is 0 Å². The molecule has 2 amide bonds. The van der Waals surface area contributed by atoms with Gasteiger partial charge in [0.25, 0.3) is 0 Å². The average molecular weight is 275 g/mol. The Balaban J connectivity index is 1.84. The van der Waals surface area contributed by atoms with Gasteiger partial charge in [-0.3, -0.25) is 0 Å². The lowest BCUT2D eigenvalue weighted by atomic mass is 9.95. The quantitative estimate of drug-likeness (QED) is 0.779. The van der Waals surface area contributed by atoms with E-state index in [1.807, 2.05) is 38.1 Å². The van der Waals surface area contributed by atoms with Crippen LogP contribution in [0.5, 0.6) is 0 Å². The summed E-state index contributed by atoms with van der Waals surface area (Å²) in [4.78, 5) is 11.6. The highest BCUT2D eigenvalue weighted by Crippen LogP contribution is 2.22. The Bertz CT molecular complexity index is 422. The number of rotatable bonds is 4. The molecule has 0 atom stereocenters. The molecule has 0 spiro atoms. The number of urea groups is 1. The molecule has 0 aliphatic heterocycles. The van der Waals surface area contributed by atoms with E-state index in [-0.39, 0.29) is 12.1 Å². The van der Waals surface area contributed by atoms with Crippen LogP contribution in [0.2, 0.25) is 0 Å². The van der Waals surface area contributed by atoms with E-state index in [0.717, 1.165) is 11.4 Å². The normalized spacial score (nSPS) is 15.9. The van der Waals surface area contributed by atoms with E-state index in [1.165, 1.54) is 32.1 Å². The maximum absolute atomic E-state index is 11.6. The molecule has 20 heavy (non-hydrogen) atoms. The maximum Gasteiger partial charge on any atom is 0.319 e. The molecule has 0 bridgehead atoms. The second-order valence-electron chi connectivity index (χ2n) is 5.81. The van der Waals surface area contributed by atoms with Crippen LogP contribution >= 0.6 is 0 Å². The Labute approximate surface area is 121 Å². The highest BCUT2D eigenvalue weighted by atomic mass is 16.2. The zero-order valence-corrected chi connectivity index (χ0v) is 12.4. The minimum absolute atomic E-state index is 0.141. The van der Waals surface area contributed by atoms with Crippen molar-refractivity contribution in [3.8, 4) is 0 Å². The number of amides is 2. The Morgan fingerprint density at radius 1 is 1.05 bits per heavy atom. The van der Waals surface area contributed by atoms with Crippen LogP contribution in [-0.2, 0) is 0 Å². The molecule has 0 heterocycles. The fourth-order valence-electron chi connectivity index (χ4n) is 2.56. The van der Waals surface area contributed by atoms with Crippen LogP contribution in [0.15, 0.2) is 24.3 Å². The lowest BCUT2D eigenvalue weighted by Gasteiger charge is -2.24. The molecule has 0 unspecified atom stereocenters. The van der Waals surface area contributed by atoms with Gasteiger partial charge in [-0.1, -0.05) is 19.3 Å². The van der Waals surface area contributed by atoms with E-state index < -0.39 is 0 Å². The van der Waals surface area contributed by atoms with Gasteiger partial charge in [0.1, 0.15) is 0 Å². The molecule has 1 aliphatic rings. The monoisotopic (exact) mass is 275 g/mol. The van der Waals surface area contributed by atoms with E-state index in [1.54, 1.807) is 0 Å². The topological polar surface area (TPSA) is 53.2 Å². The zero-order valence-electron chi connectivity index (χ0n) is 12.4. The van der Waals surface area contributed by atoms with Gasteiger partial charge in [-0.05, 0) is 51.0 Å². The second kappa shape index (κ2) is 7.17.